The summed E-state index contributed by atoms with van der Waals surface area (Å²) in [4.78, 5) is 14.0. The number of piperidine rings is 1. The summed E-state index contributed by atoms with van der Waals surface area (Å²) in [6.07, 6.45) is 10.1. The van der Waals surface area contributed by atoms with Gasteiger partial charge in [-0.3, -0.25) is 9.69 Å². The van der Waals surface area contributed by atoms with Gasteiger partial charge in [0.2, 0.25) is 0 Å². The summed E-state index contributed by atoms with van der Waals surface area (Å²) >= 11 is 0. The van der Waals surface area contributed by atoms with Crippen molar-refractivity contribution in [3.8, 4) is 0 Å². The molecule has 20 heavy (non-hydrogen) atoms. The molecule has 2 aliphatic rings. The minimum atomic E-state index is -0.610. The van der Waals surface area contributed by atoms with Gasteiger partial charge in [0.25, 0.3) is 0 Å². The Labute approximate surface area is 123 Å². The van der Waals surface area contributed by atoms with Crippen LogP contribution in [0.4, 0.5) is 0 Å². The van der Waals surface area contributed by atoms with Crippen molar-refractivity contribution in [1.29, 1.82) is 0 Å². The third-order valence-electron chi connectivity index (χ3n) is 5.24. The number of nitrogens with zero attached hydrogens (tertiary/aromatic N) is 1. The van der Waals surface area contributed by atoms with E-state index in [0.29, 0.717) is 6.42 Å². The third-order valence-corrected chi connectivity index (χ3v) is 5.24. The number of hydrogen-bond donors (Lipinski definition) is 1. The molecule has 0 spiro atoms. The molecule has 0 aromatic carbocycles. The summed E-state index contributed by atoms with van der Waals surface area (Å²) in [7, 11) is 0. The van der Waals surface area contributed by atoms with E-state index >= 15 is 0 Å². The number of carboxylic acids is 1. The predicted molar refractivity (Wildman–Crippen MR) is 81.8 cm³/mol. The monoisotopic (exact) mass is 281 g/mol. The molecule has 2 fully saturated rings. The normalized spacial score (nSPS) is 32.5. The van der Waals surface area contributed by atoms with E-state index in [0.717, 1.165) is 37.8 Å². The molecule has 1 N–H and O–H groups in total. The van der Waals surface area contributed by atoms with Crippen LogP contribution in [0.3, 0.4) is 0 Å². The highest BCUT2D eigenvalue weighted by molar-refractivity contribution is 5.68. The molecule has 0 amide bonds. The molecule has 3 nitrogen and oxygen atoms in total. The molecule has 1 aliphatic heterocycles. The summed E-state index contributed by atoms with van der Waals surface area (Å²) in [6, 6.07) is 0. The molecular formula is C17H31NO2. The van der Waals surface area contributed by atoms with Crippen LogP contribution >= 0.6 is 0 Å². The van der Waals surface area contributed by atoms with Crippen LogP contribution in [-0.2, 0) is 4.79 Å². The molecule has 2 rings (SSSR count). The van der Waals surface area contributed by atoms with Crippen molar-refractivity contribution in [1.82, 2.24) is 4.90 Å². The SMILES string of the molecule is CC(C)CC1CCCC(CC(=O)O)(N2CCCCC2)C1. The summed E-state index contributed by atoms with van der Waals surface area (Å²) in [5.41, 5.74) is -0.0376. The number of aliphatic carboxylic acids is 1. The van der Waals surface area contributed by atoms with Gasteiger partial charge in [-0.25, -0.2) is 0 Å². The molecule has 3 heteroatoms. The lowest BCUT2D eigenvalue weighted by molar-refractivity contribution is -0.142. The molecule has 0 radical (unpaired) electrons. The van der Waals surface area contributed by atoms with Gasteiger partial charge in [-0.2, -0.15) is 0 Å². The molecule has 2 atom stereocenters. The maximum absolute atomic E-state index is 11.4. The zero-order valence-corrected chi connectivity index (χ0v) is 13.2. The van der Waals surface area contributed by atoms with Gasteiger partial charge in [0.1, 0.15) is 0 Å². The molecule has 1 saturated carbocycles. The molecule has 0 bridgehead atoms. The van der Waals surface area contributed by atoms with Gasteiger partial charge >= 0.3 is 5.97 Å². The van der Waals surface area contributed by atoms with Crippen molar-refractivity contribution in [2.45, 2.75) is 77.2 Å². The average molecular weight is 281 g/mol. The first-order valence-electron chi connectivity index (χ1n) is 8.49. The van der Waals surface area contributed by atoms with Crippen LogP contribution in [0.5, 0.6) is 0 Å². The Morgan fingerprint density at radius 2 is 1.95 bits per heavy atom. The number of carbonyl (C=O) groups is 1. The zero-order valence-electron chi connectivity index (χ0n) is 13.2. The smallest absolute Gasteiger partial charge is 0.305 e. The van der Waals surface area contributed by atoms with E-state index in [9.17, 15) is 9.90 Å². The largest absolute Gasteiger partial charge is 0.481 e. The van der Waals surface area contributed by atoms with E-state index in [1.54, 1.807) is 0 Å². The second kappa shape index (κ2) is 6.93. The van der Waals surface area contributed by atoms with Gasteiger partial charge in [-0.05, 0) is 57.0 Å². The maximum Gasteiger partial charge on any atom is 0.305 e. The molecule has 116 valence electrons. The molecular weight excluding hydrogens is 250 g/mol. The van der Waals surface area contributed by atoms with Gasteiger partial charge < -0.3 is 5.11 Å². The third kappa shape index (κ3) is 3.97. The Balaban J connectivity index is 2.10. The van der Waals surface area contributed by atoms with E-state index in [1.165, 1.54) is 38.5 Å². The summed E-state index contributed by atoms with van der Waals surface area (Å²) < 4.78 is 0. The molecule has 1 saturated heterocycles. The van der Waals surface area contributed by atoms with Crippen molar-refractivity contribution in [2.24, 2.45) is 11.8 Å². The average Bonchev–Trinajstić information content (AvgIpc) is 2.38. The first-order chi connectivity index (χ1) is 9.52. The van der Waals surface area contributed by atoms with Gasteiger partial charge in [0.05, 0.1) is 6.42 Å². The van der Waals surface area contributed by atoms with E-state index < -0.39 is 5.97 Å². The molecule has 1 aliphatic carbocycles. The highest BCUT2D eigenvalue weighted by Gasteiger charge is 2.43. The highest BCUT2D eigenvalue weighted by atomic mass is 16.4. The summed E-state index contributed by atoms with van der Waals surface area (Å²) in [6.45, 7) is 6.80. The van der Waals surface area contributed by atoms with E-state index in [1.807, 2.05) is 0 Å². The second-order valence-corrected chi connectivity index (χ2v) is 7.43. The second-order valence-electron chi connectivity index (χ2n) is 7.43. The first-order valence-corrected chi connectivity index (χ1v) is 8.49. The van der Waals surface area contributed by atoms with Crippen LogP contribution in [0.15, 0.2) is 0 Å². The number of carboxylic acid groups (broad SMARTS) is 1. The zero-order chi connectivity index (χ0) is 14.6. The van der Waals surface area contributed by atoms with E-state index in [2.05, 4.69) is 18.7 Å². The summed E-state index contributed by atoms with van der Waals surface area (Å²) in [5.74, 6) is 0.841. The van der Waals surface area contributed by atoms with E-state index in [-0.39, 0.29) is 5.54 Å². The van der Waals surface area contributed by atoms with Gasteiger partial charge in [0.15, 0.2) is 0 Å². The fourth-order valence-electron chi connectivity index (χ4n) is 4.54. The lowest BCUT2D eigenvalue weighted by Gasteiger charge is -2.50. The van der Waals surface area contributed by atoms with Gasteiger partial charge in [0, 0.05) is 5.54 Å². The van der Waals surface area contributed by atoms with Crippen LogP contribution in [0.25, 0.3) is 0 Å². The van der Waals surface area contributed by atoms with Crippen molar-refractivity contribution >= 4 is 5.97 Å². The Morgan fingerprint density at radius 3 is 2.55 bits per heavy atom. The minimum absolute atomic E-state index is 0.0376. The minimum Gasteiger partial charge on any atom is -0.481 e. The number of rotatable bonds is 5. The van der Waals surface area contributed by atoms with Crippen molar-refractivity contribution in [3.05, 3.63) is 0 Å². The number of hydrogen-bond acceptors (Lipinski definition) is 2. The quantitative estimate of drug-likeness (QED) is 0.830. The Morgan fingerprint density at radius 1 is 1.25 bits per heavy atom. The molecule has 1 heterocycles. The Hall–Kier alpha value is -0.570. The standard InChI is InChI=1S/C17H31NO2/c1-14(2)11-15-7-6-8-17(12-15,13-16(19)20)18-9-4-3-5-10-18/h14-15H,3-13H2,1-2H3,(H,19,20). The van der Waals surface area contributed by atoms with Crippen LogP contribution in [0, 0.1) is 11.8 Å². The summed E-state index contributed by atoms with van der Waals surface area (Å²) in [5, 5.41) is 9.40. The lowest BCUT2D eigenvalue weighted by Crippen LogP contribution is -2.54. The van der Waals surface area contributed by atoms with Crippen LogP contribution < -0.4 is 0 Å². The van der Waals surface area contributed by atoms with Crippen molar-refractivity contribution in [2.75, 3.05) is 13.1 Å². The van der Waals surface area contributed by atoms with Crippen LogP contribution in [0.1, 0.15) is 71.6 Å². The highest BCUT2D eigenvalue weighted by Crippen LogP contribution is 2.42. The Kier molecular flexibility index (Phi) is 5.48. The number of likely N-dealkylation sites (tertiary alicyclic amines) is 1. The lowest BCUT2D eigenvalue weighted by atomic mass is 9.70. The van der Waals surface area contributed by atoms with Gasteiger partial charge in [-0.1, -0.05) is 33.1 Å². The van der Waals surface area contributed by atoms with E-state index in [4.69, 9.17) is 0 Å². The van der Waals surface area contributed by atoms with Gasteiger partial charge in [-0.15, -0.1) is 0 Å². The Bertz CT molecular complexity index is 323. The molecule has 0 aromatic rings. The fraction of sp³-hybridized carbons (Fsp3) is 0.941. The fourth-order valence-corrected chi connectivity index (χ4v) is 4.54. The molecule has 0 aromatic heterocycles. The maximum atomic E-state index is 11.4. The van der Waals surface area contributed by atoms with Crippen molar-refractivity contribution < 1.29 is 9.90 Å². The van der Waals surface area contributed by atoms with Crippen LogP contribution in [0.2, 0.25) is 0 Å². The van der Waals surface area contributed by atoms with Crippen molar-refractivity contribution in [3.63, 3.8) is 0 Å². The molecule has 2 unspecified atom stereocenters. The topological polar surface area (TPSA) is 40.5 Å². The first kappa shape index (κ1) is 15.8. The van der Waals surface area contributed by atoms with Crippen LogP contribution in [-0.4, -0.2) is 34.6 Å². The predicted octanol–water partition coefficient (Wildman–Crippen LogP) is 3.92.